The lowest BCUT2D eigenvalue weighted by atomic mass is 9.98. The zero-order valence-electron chi connectivity index (χ0n) is 15.1. The minimum atomic E-state index is -0.759. The van der Waals surface area contributed by atoms with Crippen LogP contribution in [0.4, 0.5) is 0 Å². The van der Waals surface area contributed by atoms with Crippen LogP contribution in [0.15, 0.2) is 72.8 Å². The predicted octanol–water partition coefficient (Wildman–Crippen LogP) is 3.53. The van der Waals surface area contributed by atoms with Crippen molar-refractivity contribution in [3.05, 3.63) is 89.5 Å². The lowest BCUT2D eigenvalue weighted by Gasteiger charge is -2.27. The van der Waals surface area contributed by atoms with Crippen LogP contribution in [0.2, 0.25) is 0 Å². The second-order valence-electron chi connectivity index (χ2n) is 5.60. The Kier molecular flexibility index (Phi) is 8.66. The maximum Gasteiger partial charge on any atom is 0.414 e. The number of hydrogen-bond acceptors (Lipinski definition) is 4. The van der Waals surface area contributed by atoms with Crippen LogP contribution in [0.1, 0.15) is 23.3 Å². The third-order valence-corrected chi connectivity index (χ3v) is 3.74. The summed E-state index contributed by atoms with van der Waals surface area (Å²) in [5.74, 6) is -0.759. The minimum absolute atomic E-state index is 0.317. The molecular formula is C21H22N2O4. The molecule has 6 heteroatoms. The molecule has 2 aromatic rings. The van der Waals surface area contributed by atoms with Gasteiger partial charge in [0.1, 0.15) is 6.10 Å². The molecule has 2 atom stereocenters. The number of ether oxygens (including phenoxy) is 3. The summed E-state index contributed by atoms with van der Waals surface area (Å²) < 4.78 is 16.6. The van der Waals surface area contributed by atoms with Crippen LogP contribution in [0, 0.1) is 0 Å². The first-order valence-corrected chi connectivity index (χ1v) is 8.49. The van der Waals surface area contributed by atoms with E-state index in [-0.39, 0.29) is 0 Å². The molecule has 2 rings (SSSR count). The van der Waals surface area contributed by atoms with Gasteiger partial charge in [0.05, 0.1) is 13.2 Å². The fourth-order valence-corrected chi connectivity index (χ4v) is 2.54. The first kappa shape index (κ1) is 20.3. The summed E-state index contributed by atoms with van der Waals surface area (Å²) in [6.07, 6.45) is 3.16. The minimum Gasteiger partial charge on any atom is -0.446 e. The highest BCUT2D eigenvalue weighted by Crippen LogP contribution is 2.35. The van der Waals surface area contributed by atoms with Crippen molar-refractivity contribution >= 4 is 12.2 Å². The number of nitrogens with zero attached hydrogens (tertiary/aromatic N) is 2. The van der Waals surface area contributed by atoms with Crippen molar-refractivity contribution in [3.8, 4) is 0 Å². The van der Waals surface area contributed by atoms with Gasteiger partial charge in [-0.05, 0) is 11.1 Å². The summed E-state index contributed by atoms with van der Waals surface area (Å²) >= 11 is 0. The number of esters is 1. The van der Waals surface area contributed by atoms with Gasteiger partial charge in [-0.15, -0.1) is 0 Å². The summed E-state index contributed by atoms with van der Waals surface area (Å²) in [5.41, 5.74) is 10.2. The van der Waals surface area contributed by atoms with Gasteiger partial charge < -0.3 is 19.7 Å². The Morgan fingerprint density at radius 3 is 2.07 bits per heavy atom. The highest BCUT2D eigenvalue weighted by molar-refractivity contribution is 6.20. The van der Waals surface area contributed by atoms with Crippen molar-refractivity contribution in [2.75, 3.05) is 20.3 Å². The van der Waals surface area contributed by atoms with Gasteiger partial charge in [-0.1, -0.05) is 72.8 Å². The normalized spacial score (nSPS) is 12.9. The van der Waals surface area contributed by atoms with Gasteiger partial charge in [0.2, 0.25) is 0 Å². The molecule has 0 spiro atoms. The topological polar surface area (TPSA) is 81.2 Å². The van der Waals surface area contributed by atoms with Gasteiger partial charge in [-0.3, -0.25) is 0 Å². The molecule has 0 aliphatic rings. The van der Waals surface area contributed by atoms with Gasteiger partial charge in [0, 0.05) is 7.11 Å². The van der Waals surface area contributed by atoms with E-state index in [1.54, 1.807) is 7.11 Å². The molecule has 0 fully saturated rings. The SMILES string of the molecule is COC/C=C/CO[C@H](c1ccccc1)[C@H](OC(=O)C=[N+]=[N-])c1ccccc1. The Hall–Kier alpha value is -3.05. The molecule has 2 aromatic carbocycles. The molecule has 0 aliphatic carbocycles. The van der Waals surface area contributed by atoms with E-state index in [2.05, 4.69) is 4.79 Å². The van der Waals surface area contributed by atoms with Crippen LogP contribution in [-0.4, -0.2) is 37.3 Å². The van der Waals surface area contributed by atoms with E-state index in [1.165, 1.54) is 0 Å². The molecule has 0 radical (unpaired) electrons. The maximum atomic E-state index is 12.0. The molecule has 0 saturated carbocycles. The van der Waals surface area contributed by atoms with Crippen molar-refractivity contribution in [2.45, 2.75) is 12.2 Å². The third-order valence-electron chi connectivity index (χ3n) is 3.74. The van der Waals surface area contributed by atoms with Crippen molar-refractivity contribution in [3.63, 3.8) is 0 Å². The Balaban J connectivity index is 2.32. The Labute approximate surface area is 158 Å². The standard InChI is InChI=1S/C21H22N2O4/c1-25-14-8-9-15-26-20(17-10-4-2-5-11-17)21(27-19(24)16-23-22)18-12-6-3-7-13-18/h2-13,16,20-21H,14-15H2,1H3/b9-8+/t20-,21-/m1/s1. The first-order chi connectivity index (χ1) is 13.3. The van der Waals surface area contributed by atoms with Gasteiger partial charge in [-0.25, -0.2) is 4.79 Å². The summed E-state index contributed by atoms with van der Waals surface area (Å²) in [7, 11) is 1.62. The van der Waals surface area contributed by atoms with E-state index in [0.717, 1.165) is 17.3 Å². The zero-order valence-corrected chi connectivity index (χ0v) is 15.1. The van der Waals surface area contributed by atoms with Crippen LogP contribution < -0.4 is 0 Å². The predicted molar refractivity (Wildman–Crippen MR) is 101 cm³/mol. The highest BCUT2D eigenvalue weighted by Gasteiger charge is 2.29. The number of rotatable bonds is 10. The average molecular weight is 366 g/mol. The summed E-state index contributed by atoms with van der Waals surface area (Å²) in [4.78, 5) is 14.7. The van der Waals surface area contributed by atoms with Gasteiger partial charge in [-0.2, -0.15) is 4.79 Å². The number of carbonyl (C=O) groups excluding carboxylic acids is 1. The van der Waals surface area contributed by atoms with Crippen LogP contribution in [-0.2, 0) is 19.0 Å². The Morgan fingerprint density at radius 1 is 0.963 bits per heavy atom. The Morgan fingerprint density at radius 2 is 1.52 bits per heavy atom. The van der Waals surface area contributed by atoms with Crippen molar-refractivity contribution in [1.82, 2.24) is 0 Å². The molecule has 6 nitrogen and oxygen atoms in total. The lowest BCUT2D eigenvalue weighted by Crippen LogP contribution is -2.22. The van der Waals surface area contributed by atoms with E-state index in [1.807, 2.05) is 72.8 Å². The highest BCUT2D eigenvalue weighted by atomic mass is 16.6. The Bertz CT molecular complexity index is 771. The van der Waals surface area contributed by atoms with E-state index in [9.17, 15) is 4.79 Å². The molecule has 0 unspecified atom stereocenters. The van der Waals surface area contributed by atoms with E-state index in [4.69, 9.17) is 19.7 Å². The van der Waals surface area contributed by atoms with Crippen molar-refractivity contribution < 1.29 is 23.8 Å². The molecular weight excluding hydrogens is 344 g/mol. The second kappa shape index (κ2) is 11.5. The van der Waals surface area contributed by atoms with Crippen LogP contribution in [0.3, 0.4) is 0 Å². The fraction of sp³-hybridized carbons (Fsp3) is 0.238. The second-order valence-corrected chi connectivity index (χ2v) is 5.60. The van der Waals surface area contributed by atoms with E-state index in [0.29, 0.717) is 13.2 Å². The molecule has 0 aromatic heterocycles. The lowest BCUT2D eigenvalue weighted by molar-refractivity contribution is -0.153. The maximum absolute atomic E-state index is 12.0. The fourth-order valence-electron chi connectivity index (χ4n) is 2.54. The van der Waals surface area contributed by atoms with Crippen LogP contribution >= 0.6 is 0 Å². The quantitative estimate of drug-likeness (QED) is 0.212. The van der Waals surface area contributed by atoms with Crippen molar-refractivity contribution in [1.29, 1.82) is 0 Å². The molecule has 0 saturated heterocycles. The summed E-state index contributed by atoms with van der Waals surface area (Å²) in [5, 5.41) is 0. The molecule has 0 N–H and O–H groups in total. The molecule has 0 amide bonds. The zero-order chi connectivity index (χ0) is 19.3. The third kappa shape index (κ3) is 6.64. The monoisotopic (exact) mass is 366 g/mol. The summed E-state index contributed by atoms with van der Waals surface area (Å²) in [6, 6.07) is 18.8. The average Bonchev–Trinajstić information content (AvgIpc) is 2.71. The number of benzene rings is 2. The largest absolute Gasteiger partial charge is 0.446 e. The summed E-state index contributed by atoms with van der Waals surface area (Å²) in [6.45, 7) is 0.807. The van der Waals surface area contributed by atoms with Gasteiger partial charge >= 0.3 is 12.2 Å². The van der Waals surface area contributed by atoms with Crippen LogP contribution in [0.25, 0.3) is 5.53 Å². The van der Waals surface area contributed by atoms with Crippen LogP contribution in [0.5, 0.6) is 0 Å². The smallest absolute Gasteiger partial charge is 0.414 e. The van der Waals surface area contributed by atoms with Gasteiger partial charge in [0.15, 0.2) is 6.10 Å². The molecule has 27 heavy (non-hydrogen) atoms. The number of hydrogen-bond donors (Lipinski definition) is 0. The molecule has 0 heterocycles. The van der Waals surface area contributed by atoms with Gasteiger partial charge in [0.25, 0.3) is 0 Å². The molecule has 0 aliphatic heterocycles. The van der Waals surface area contributed by atoms with E-state index < -0.39 is 18.2 Å². The molecule has 0 bridgehead atoms. The van der Waals surface area contributed by atoms with Crippen molar-refractivity contribution in [2.24, 2.45) is 0 Å². The molecule has 140 valence electrons. The van der Waals surface area contributed by atoms with E-state index >= 15 is 0 Å². The number of methoxy groups -OCH3 is 1. The first-order valence-electron chi connectivity index (χ1n) is 8.49. The number of carbonyl (C=O) groups is 1.